The molecule has 0 fully saturated rings. The number of carbonyl (C=O) groups is 1. The number of Topliss-reactive ketones (excluding diaryl/α,β-unsaturated/α-hetero) is 1. The third-order valence-corrected chi connectivity index (χ3v) is 9.01. The van der Waals surface area contributed by atoms with E-state index in [1.807, 2.05) is 13.8 Å². The molecule has 0 aliphatic heterocycles. The maximum Gasteiger partial charge on any atom is 0.192 e. The van der Waals surface area contributed by atoms with Gasteiger partial charge in [0.05, 0.1) is 6.10 Å². The monoisotopic (exact) mass is 285 g/mol. The second-order valence-corrected chi connectivity index (χ2v) is 10.1. The zero-order valence-electron chi connectivity index (χ0n) is 14.6. The highest BCUT2D eigenvalue weighted by atomic mass is 28.4. The molecule has 0 aromatic rings. The van der Waals surface area contributed by atoms with E-state index in [4.69, 9.17) is 5.80 Å². The van der Waals surface area contributed by atoms with Gasteiger partial charge in [-0.3, -0.25) is 4.79 Å². The molecular weight excluding hydrogens is 252 g/mol. The van der Waals surface area contributed by atoms with Crippen LogP contribution >= 0.6 is 0 Å². The van der Waals surface area contributed by atoms with Crippen molar-refractivity contribution >= 4 is 14.1 Å². The summed E-state index contributed by atoms with van der Waals surface area (Å²) in [6.07, 6.45) is 1.71. The molecule has 0 saturated heterocycles. The summed E-state index contributed by atoms with van der Waals surface area (Å²) in [6, 6.07) is 3.07. The molecule has 0 aliphatic carbocycles. The van der Waals surface area contributed by atoms with Crippen molar-refractivity contribution < 1.29 is 10.6 Å². The molecule has 0 N–H and O–H groups in total. The van der Waals surface area contributed by atoms with E-state index in [9.17, 15) is 4.79 Å². The van der Waals surface area contributed by atoms with Crippen LogP contribution in [0.1, 0.15) is 49.3 Å². The lowest BCUT2D eigenvalue weighted by Crippen LogP contribution is -2.45. The Kier molecular flexibility index (Phi) is 7.62. The first-order valence-corrected chi connectivity index (χ1v) is 10.1. The first-order chi connectivity index (χ1) is 9.23. The number of carbonyl (C=O) groups excluding carboxylic acids is 1. The van der Waals surface area contributed by atoms with Crippen LogP contribution in [-0.2, 0) is 9.22 Å². The molecule has 0 amide bonds. The molecule has 0 bridgehead atoms. The summed E-state index contributed by atoms with van der Waals surface area (Å²) in [7, 11) is -1.85. The van der Waals surface area contributed by atoms with Gasteiger partial charge in [-0.2, -0.15) is 0 Å². The highest BCUT2D eigenvalue weighted by molar-refractivity contribution is 6.73. The Balaban J connectivity index is 5.44. The summed E-state index contributed by atoms with van der Waals surface area (Å²) < 4.78 is 14.9. The molecule has 0 rings (SSSR count). The van der Waals surface area contributed by atoms with Gasteiger partial charge < -0.3 is 4.43 Å². The van der Waals surface area contributed by atoms with Gasteiger partial charge in [0.2, 0.25) is 0 Å². The van der Waals surface area contributed by atoms with Gasteiger partial charge in [-0.25, -0.2) is 0 Å². The third kappa shape index (κ3) is 4.88. The molecule has 0 aliphatic rings. The lowest BCUT2D eigenvalue weighted by atomic mass is 9.89. The van der Waals surface area contributed by atoms with Crippen LogP contribution in [0.15, 0.2) is 12.7 Å². The van der Waals surface area contributed by atoms with Crippen LogP contribution in [0.2, 0.25) is 18.1 Å². The summed E-state index contributed by atoms with van der Waals surface area (Å²) in [6.45, 7) is 15.8. The van der Waals surface area contributed by atoms with E-state index in [1.165, 1.54) is 0 Å². The van der Waals surface area contributed by atoms with Crippen LogP contribution < -0.4 is 0 Å². The molecule has 3 atom stereocenters. The summed E-state index contributed by atoms with van der Waals surface area (Å²) in [5.74, 6) is -1.01. The lowest BCUT2D eigenvalue weighted by molar-refractivity contribution is -0.125. The van der Waals surface area contributed by atoms with E-state index >= 15 is 0 Å². The molecule has 0 spiro atoms. The van der Waals surface area contributed by atoms with E-state index in [0.29, 0.717) is 6.42 Å². The normalized spacial score (nSPS) is 19.2. The number of hydrogen-bond donors (Lipinski definition) is 0. The van der Waals surface area contributed by atoms with Gasteiger partial charge in [-0.15, -0.1) is 6.58 Å². The molecule has 3 heteroatoms. The molecular formula is C16H32O2Si. The Bertz CT molecular complexity index is 316. The topological polar surface area (TPSA) is 26.3 Å². The number of rotatable bonds is 10. The van der Waals surface area contributed by atoms with E-state index in [0.717, 1.165) is 18.1 Å². The summed E-state index contributed by atoms with van der Waals surface area (Å²) >= 11 is 0. The second kappa shape index (κ2) is 8.70. The van der Waals surface area contributed by atoms with Crippen LogP contribution in [-0.4, -0.2) is 20.2 Å². The van der Waals surface area contributed by atoms with Crippen molar-refractivity contribution in [3.63, 3.8) is 0 Å². The Morgan fingerprint density at radius 2 is 1.74 bits per heavy atom. The van der Waals surface area contributed by atoms with Crippen LogP contribution in [0.3, 0.4) is 0 Å². The quantitative estimate of drug-likeness (QED) is 0.425. The average molecular weight is 286 g/mol. The molecule has 0 heterocycles. The molecule has 0 unspecified atom stereocenters. The number of ketones is 1. The summed E-state index contributed by atoms with van der Waals surface area (Å²) in [5, 5.41) is 0. The Morgan fingerprint density at radius 1 is 1.26 bits per heavy atom. The van der Waals surface area contributed by atoms with Gasteiger partial charge in [-0.1, -0.05) is 47.6 Å². The fourth-order valence-electron chi connectivity index (χ4n) is 2.47. The van der Waals surface area contributed by atoms with Crippen molar-refractivity contribution in [2.24, 2.45) is 11.8 Å². The fraction of sp³-hybridized carbons (Fsp3) is 0.812. The van der Waals surface area contributed by atoms with Gasteiger partial charge in [-0.05, 0) is 24.0 Å². The highest BCUT2D eigenvalue weighted by Gasteiger charge is 2.37. The van der Waals surface area contributed by atoms with Crippen molar-refractivity contribution in [2.75, 3.05) is 0 Å². The van der Waals surface area contributed by atoms with Gasteiger partial charge >= 0.3 is 0 Å². The van der Waals surface area contributed by atoms with Crippen molar-refractivity contribution in [3.05, 3.63) is 12.7 Å². The molecule has 0 saturated carbocycles. The predicted octanol–water partition coefficient (Wildman–Crippen LogP) is 4.81. The minimum absolute atomic E-state index is 0.168. The van der Waals surface area contributed by atoms with Crippen LogP contribution in [0.4, 0.5) is 0 Å². The summed E-state index contributed by atoms with van der Waals surface area (Å²) in [5.41, 5.74) is 0. The van der Waals surface area contributed by atoms with E-state index < -0.39 is 14.2 Å². The minimum atomic E-state index is -1.85. The van der Waals surface area contributed by atoms with Gasteiger partial charge in [0.15, 0.2) is 8.32 Å². The molecule has 0 aromatic carbocycles. The zero-order valence-corrected chi connectivity index (χ0v) is 14.6. The smallest absolute Gasteiger partial charge is 0.192 e. The molecule has 0 aromatic heterocycles. The Hall–Kier alpha value is -0.413. The van der Waals surface area contributed by atoms with Gasteiger partial charge in [0.25, 0.3) is 0 Å². The van der Waals surface area contributed by atoms with Crippen molar-refractivity contribution in [2.45, 2.75) is 72.2 Å². The standard InChI is InChI=1S/C16H32O2Si/c1-8-13(6)16(14(7)15(17)9-2)18-19(10-3,11-4)12-5/h8,13-14,16H,1,9-12H2,2-7H3/t13-,14+,16+/m1/s1/i13D. The SMILES string of the molecule is [2H][C@@](C)(C=C)[C@H](O[Si](CC)(CC)CC)[C@@H](C)C(=O)CC. The number of hydrogen-bond acceptors (Lipinski definition) is 2. The lowest BCUT2D eigenvalue weighted by Gasteiger charge is -2.37. The van der Waals surface area contributed by atoms with Crippen molar-refractivity contribution in [1.82, 2.24) is 0 Å². The maximum absolute atomic E-state index is 12.1. The van der Waals surface area contributed by atoms with Crippen LogP contribution in [0.5, 0.6) is 0 Å². The first kappa shape index (κ1) is 16.6. The Morgan fingerprint density at radius 3 is 2.05 bits per heavy atom. The van der Waals surface area contributed by atoms with Gasteiger partial charge in [0.1, 0.15) is 5.78 Å². The van der Waals surface area contributed by atoms with E-state index in [2.05, 4.69) is 27.4 Å². The van der Waals surface area contributed by atoms with Crippen molar-refractivity contribution in [3.8, 4) is 0 Å². The average Bonchev–Trinajstić information content (AvgIpc) is 2.47. The van der Waals surface area contributed by atoms with E-state index in [-0.39, 0.29) is 17.8 Å². The highest BCUT2D eigenvalue weighted by Crippen LogP contribution is 2.30. The fourth-order valence-corrected chi connectivity index (χ4v) is 5.39. The zero-order chi connectivity index (χ0) is 16.0. The van der Waals surface area contributed by atoms with Crippen LogP contribution in [0, 0.1) is 11.8 Å². The molecule has 0 radical (unpaired) electrons. The molecule has 19 heavy (non-hydrogen) atoms. The largest absolute Gasteiger partial charge is 0.413 e. The first-order valence-electron chi connectivity index (χ1n) is 8.07. The van der Waals surface area contributed by atoms with Crippen LogP contribution in [0.25, 0.3) is 0 Å². The Labute approximate surface area is 122 Å². The third-order valence-electron chi connectivity index (χ3n) is 4.39. The second-order valence-electron chi connectivity index (χ2n) is 5.34. The van der Waals surface area contributed by atoms with Crippen molar-refractivity contribution in [1.29, 1.82) is 0 Å². The maximum atomic E-state index is 12.1. The molecule has 2 nitrogen and oxygen atoms in total. The molecule has 112 valence electrons. The predicted molar refractivity (Wildman–Crippen MR) is 85.9 cm³/mol. The van der Waals surface area contributed by atoms with Gasteiger partial charge in [0, 0.05) is 13.7 Å². The van der Waals surface area contributed by atoms with E-state index in [1.54, 1.807) is 13.0 Å². The summed E-state index contributed by atoms with van der Waals surface area (Å²) in [4.78, 5) is 12.1. The minimum Gasteiger partial charge on any atom is -0.413 e.